The van der Waals surface area contributed by atoms with Gasteiger partial charge in [0.05, 0.1) is 28.5 Å². The fraction of sp³-hybridized carbons (Fsp3) is 0.345. The molecule has 0 radical (unpaired) electrons. The Morgan fingerprint density at radius 1 is 1.05 bits per heavy atom. The van der Waals surface area contributed by atoms with Gasteiger partial charge in [-0.3, -0.25) is 29.0 Å². The molecule has 0 aromatic heterocycles. The van der Waals surface area contributed by atoms with Gasteiger partial charge in [-0.25, -0.2) is 4.79 Å². The number of allylic oxidation sites excluding steroid dienone is 2. The molecule has 4 aliphatic rings. The van der Waals surface area contributed by atoms with Gasteiger partial charge >= 0.3 is 5.97 Å². The quantitative estimate of drug-likeness (QED) is 0.216. The van der Waals surface area contributed by atoms with Crippen molar-refractivity contribution >= 4 is 74.4 Å². The Balaban J connectivity index is 1.52. The number of benzene rings is 2. The number of aryl methyl sites for hydroxylation is 1. The third kappa shape index (κ3) is 3.56. The number of para-hydroxylation sites is 1. The number of phenols is 1. The van der Waals surface area contributed by atoms with Crippen LogP contribution in [-0.2, 0) is 19.2 Å². The molecule has 0 bridgehead atoms. The Labute approximate surface area is 252 Å². The van der Waals surface area contributed by atoms with Gasteiger partial charge in [0, 0.05) is 11.5 Å². The van der Waals surface area contributed by atoms with Gasteiger partial charge in [-0.1, -0.05) is 51.8 Å². The van der Waals surface area contributed by atoms with Crippen LogP contribution in [0.1, 0.15) is 40.2 Å². The molecule has 12 heteroatoms. The summed E-state index contributed by atoms with van der Waals surface area (Å²) in [6.45, 7) is 1.69. The third-order valence-electron chi connectivity index (χ3n) is 8.95. The van der Waals surface area contributed by atoms with Gasteiger partial charge in [-0.05, 0) is 49.4 Å². The summed E-state index contributed by atoms with van der Waals surface area (Å²) >= 11 is 17.5. The number of fused-ring (bicyclic) bond motifs is 4. The number of halogens is 3. The smallest absolute Gasteiger partial charge is 0.335 e. The zero-order chi connectivity index (χ0) is 29.6. The number of carboxylic acid groups (broad SMARTS) is 1. The van der Waals surface area contributed by atoms with E-state index >= 15 is 0 Å². The molecule has 0 spiro atoms. The summed E-state index contributed by atoms with van der Waals surface area (Å²) in [7, 11) is 0. The van der Waals surface area contributed by atoms with E-state index in [0.29, 0.717) is 16.7 Å². The molecule has 2 aromatic rings. The highest BCUT2D eigenvalue weighted by atomic mass is 79.9. The molecular formula is C29H23BrCl2N2O7. The minimum Gasteiger partial charge on any atom is -0.507 e. The van der Waals surface area contributed by atoms with Gasteiger partial charge in [0.1, 0.15) is 5.75 Å². The summed E-state index contributed by atoms with van der Waals surface area (Å²) in [5.74, 6) is -7.38. The van der Waals surface area contributed by atoms with Crippen molar-refractivity contribution in [2.75, 3.05) is 10.4 Å². The molecule has 2 N–H and O–H groups in total. The maximum absolute atomic E-state index is 14.0. The highest BCUT2D eigenvalue weighted by Crippen LogP contribution is 2.66. The summed E-state index contributed by atoms with van der Waals surface area (Å²) in [4.78, 5) is 64.7. The van der Waals surface area contributed by atoms with Crippen LogP contribution in [0, 0.1) is 24.7 Å². The van der Waals surface area contributed by atoms with E-state index in [2.05, 4.69) is 15.9 Å². The Hall–Kier alpha value is -3.21. The van der Waals surface area contributed by atoms with E-state index < -0.39 is 63.0 Å². The SMILES string of the molecule is Cc1cccc(C2C3=CCC4C(=O)N(c5cccc(C(=O)O)c5)C(=O)C4C3CC3(Cl)C(=O)N(CBr)C(=O)C23Cl)c1O. The molecule has 2 aliphatic heterocycles. The Kier molecular flexibility index (Phi) is 6.41. The van der Waals surface area contributed by atoms with E-state index in [1.807, 2.05) is 0 Å². The van der Waals surface area contributed by atoms with Crippen molar-refractivity contribution in [3.63, 3.8) is 0 Å². The van der Waals surface area contributed by atoms with Crippen molar-refractivity contribution in [2.24, 2.45) is 17.8 Å². The Morgan fingerprint density at radius 3 is 2.44 bits per heavy atom. The fourth-order valence-electron chi connectivity index (χ4n) is 7.05. The average Bonchev–Trinajstić information content (AvgIpc) is 3.28. The number of likely N-dealkylation sites (tertiary alicyclic amines) is 1. The van der Waals surface area contributed by atoms with Crippen LogP contribution in [0.3, 0.4) is 0 Å². The molecule has 2 aliphatic carbocycles. The summed E-state index contributed by atoms with van der Waals surface area (Å²) in [6, 6.07) is 10.6. The summed E-state index contributed by atoms with van der Waals surface area (Å²) in [5.41, 5.74) is 1.26. The lowest BCUT2D eigenvalue weighted by Crippen LogP contribution is -2.60. The van der Waals surface area contributed by atoms with Crippen molar-refractivity contribution in [3.05, 3.63) is 70.8 Å². The number of hydrogen-bond acceptors (Lipinski definition) is 6. The zero-order valence-electron chi connectivity index (χ0n) is 21.5. The van der Waals surface area contributed by atoms with E-state index in [0.717, 1.165) is 9.80 Å². The number of carboxylic acids is 1. The summed E-state index contributed by atoms with van der Waals surface area (Å²) < 4.78 is 0. The number of aromatic carboxylic acids is 1. The van der Waals surface area contributed by atoms with Crippen molar-refractivity contribution in [1.82, 2.24) is 4.90 Å². The summed E-state index contributed by atoms with van der Waals surface area (Å²) in [5, 5.41) is 20.6. The number of alkyl halides is 3. The molecule has 212 valence electrons. The van der Waals surface area contributed by atoms with Crippen LogP contribution in [0.2, 0.25) is 0 Å². The van der Waals surface area contributed by atoms with E-state index in [-0.39, 0.29) is 35.3 Å². The first kappa shape index (κ1) is 27.9. The lowest BCUT2D eigenvalue weighted by atomic mass is 9.56. The maximum Gasteiger partial charge on any atom is 0.335 e. The molecule has 2 heterocycles. The summed E-state index contributed by atoms with van der Waals surface area (Å²) in [6.07, 6.45) is 1.73. The molecule has 9 nitrogen and oxygen atoms in total. The molecular weight excluding hydrogens is 639 g/mol. The largest absolute Gasteiger partial charge is 0.507 e. The molecule has 3 fully saturated rings. The zero-order valence-corrected chi connectivity index (χ0v) is 24.6. The number of amides is 4. The molecule has 41 heavy (non-hydrogen) atoms. The highest BCUT2D eigenvalue weighted by Gasteiger charge is 2.76. The van der Waals surface area contributed by atoms with Crippen LogP contribution in [0.25, 0.3) is 0 Å². The first-order valence-electron chi connectivity index (χ1n) is 12.9. The number of aromatic hydroxyl groups is 1. The van der Waals surface area contributed by atoms with Crippen LogP contribution in [0.15, 0.2) is 54.1 Å². The van der Waals surface area contributed by atoms with E-state index in [4.69, 9.17) is 23.2 Å². The lowest BCUT2D eigenvalue weighted by molar-refractivity contribution is -0.138. The van der Waals surface area contributed by atoms with Crippen LogP contribution in [-0.4, -0.2) is 59.9 Å². The van der Waals surface area contributed by atoms with Crippen LogP contribution < -0.4 is 4.90 Å². The minimum absolute atomic E-state index is 0.0824. The predicted molar refractivity (Wildman–Crippen MR) is 152 cm³/mol. The molecule has 6 unspecified atom stereocenters. The topological polar surface area (TPSA) is 132 Å². The molecule has 2 saturated heterocycles. The number of anilines is 1. The Morgan fingerprint density at radius 2 is 1.76 bits per heavy atom. The van der Waals surface area contributed by atoms with Gasteiger partial charge in [0.25, 0.3) is 11.8 Å². The number of nitrogens with zero attached hydrogens (tertiary/aromatic N) is 2. The standard InChI is InChI=1S/C29H23BrCl2N2O7/c1-13-4-2-7-18(22(13)35)21-16-8-9-17-20(19(16)11-28(31)26(40)33(12-30)27(41)29(21,28)32)24(37)34(23(17)36)15-6-3-5-14(10-15)25(38)39/h2-8,10,17,19-21,35H,9,11-12H2,1H3,(H,38,39). The normalized spacial score (nSPS) is 32.5. The lowest BCUT2D eigenvalue weighted by Gasteiger charge is -2.50. The second-order valence-corrected chi connectivity index (χ2v) is 12.6. The molecule has 4 amide bonds. The van der Waals surface area contributed by atoms with Crippen molar-refractivity contribution in [1.29, 1.82) is 0 Å². The Bertz CT molecular complexity index is 1610. The number of phenolic OH excluding ortho intramolecular Hbond substituents is 1. The van der Waals surface area contributed by atoms with E-state index in [1.54, 1.807) is 31.2 Å². The first-order valence-corrected chi connectivity index (χ1v) is 14.8. The van der Waals surface area contributed by atoms with Crippen molar-refractivity contribution in [2.45, 2.75) is 35.4 Å². The predicted octanol–water partition coefficient (Wildman–Crippen LogP) is 4.31. The van der Waals surface area contributed by atoms with Gasteiger partial charge in [0.2, 0.25) is 11.8 Å². The van der Waals surface area contributed by atoms with Crippen molar-refractivity contribution in [3.8, 4) is 5.75 Å². The first-order chi connectivity index (χ1) is 19.4. The molecule has 1 saturated carbocycles. The number of carbonyl (C=O) groups is 5. The molecule has 6 rings (SSSR count). The van der Waals surface area contributed by atoms with Crippen molar-refractivity contribution < 1.29 is 34.2 Å². The number of rotatable bonds is 4. The third-order valence-corrected chi connectivity index (χ3v) is 10.9. The minimum atomic E-state index is -2.01. The second-order valence-electron chi connectivity index (χ2n) is 10.9. The van der Waals surface area contributed by atoms with E-state index in [1.165, 1.54) is 24.3 Å². The van der Waals surface area contributed by atoms with Crippen LogP contribution >= 0.6 is 39.1 Å². The molecule has 2 aromatic carbocycles. The average molecular weight is 662 g/mol. The highest BCUT2D eigenvalue weighted by molar-refractivity contribution is 9.09. The van der Waals surface area contributed by atoms with E-state index in [9.17, 15) is 34.2 Å². The number of hydrogen-bond donors (Lipinski definition) is 2. The molecule has 6 atom stereocenters. The van der Waals surface area contributed by atoms with Gasteiger partial charge in [0.15, 0.2) is 9.75 Å². The number of carbonyl (C=O) groups excluding carboxylic acids is 4. The van der Waals surface area contributed by atoms with Crippen LogP contribution in [0.5, 0.6) is 5.75 Å². The second kappa shape index (κ2) is 9.40. The van der Waals surface area contributed by atoms with Gasteiger partial charge in [-0.15, -0.1) is 23.2 Å². The maximum atomic E-state index is 14.0. The monoisotopic (exact) mass is 660 g/mol. The van der Waals surface area contributed by atoms with Crippen LogP contribution in [0.4, 0.5) is 5.69 Å². The fourth-order valence-corrected chi connectivity index (χ4v) is 8.46. The van der Waals surface area contributed by atoms with Gasteiger partial charge < -0.3 is 10.2 Å². The number of imide groups is 2. The van der Waals surface area contributed by atoms with Gasteiger partial charge in [-0.2, -0.15) is 0 Å².